The Morgan fingerprint density at radius 3 is 2.17 bits per heavy atom. The number of piperidine rings is 1. The van der Waals surface area contributed by atoms with Crippen molar-refractivity contribution >= 4 is 23.4 Å². The van der Waals surface area contributed by atoms with Gasteiger partial charge in [-0.3, -0.25) is 24.2 Å². The minimum Gasteiger partial charge on any atom is -0.326 e. The first-order valence-electron chi connectivity index (χ1n) is 13.1. The number of hydrogen-bond acceptors (Lipinski definition) is 4. The van der Waals surface area contributed by atoms with E-state index in [1.165, 1.54) is 23.3 Å². The van der Waals surface area contributed by atoms with Crippen molar-refractivity contribution in [3.63, 3.8) is 0 Å². The zero-order valence-corrected chi connectivity index (χ0v) is 20.5. The molecule has 2 heterocycles. The quantitative estimate of drug-likeness (QED) is 0.602. The molecule has 2 aliphatic heterocycles. The van der Waals surface area contributed by atoms with Gasteiger partial charge in [0.1, 0.15) is 0 Å². The topological polar surface area (TPSA) is 69.7 Å². The van der Waals surface area contributed by atoms with Gasteiger partial charge in [-0.1, -0.05) is 44.0 Å². The van der Waals surface area contributed by atoms with E-state index in [0.717, 1.165) is 56.9 Å². The van der Waals surface area contributed by atoms with Crippen molar-refractivity contribution in [1.29, 1.82) is 0 Å². The van der Waals surface area contributed by atoms with Crippen molar-refractivity contribution in [3.8, 4) is 0 Å². The summed E-state index contributed by atoms with van der Waals surface area (Å²) >= 11 is 0. The second-order valence-corrected chi connectivity index (χ2v) is 10.6. The lowest BCUT2D eigenvalue weighted by atomic mass is 9.78. The highest BCUT2D eigenvalue weighted by molar-refractivity contribution is 6.21. The van der Waals surface area contributed by atoms with Crippen LogP contribution in [0.5, 0.6) is 0 Å². The van der Waals surface area contributed by atoms with Gasteiger partial charge in [0.25, 0.3) is 11.8 Å². The molecular formula is C29H35N3O3. The molecule has 3 amide bonds. The molecule has 5 rings (SSSR count). The largest absolute Gasteiger partial charge is 0.326 e. The van der Waals surface area contributed by atoms with E-state index in [4.69, 9.17) is 0 Å². The van der Waals surface area contributed by atoms with E-state index in [0.29, 0.717) is 17.7 Å². The second-order valence-electron chi connectivity index (χ2n) is 10.6. The molecule has 6 heteroatoms. The van der Waals surface area contributed by atoms with Crippen LogP contribution in [0, 0.1) is 17.8 Å². The lowest BCUT2D eigenvalue weighted by molar-refractivity contribution is -0.122. The molecule has 2 aromatic carbocycles. The summed E-state index contributed by atoms with van der Waals surface area (Å²) in [7, 11) is 0. The van der Waals surface area contributed by atoms with Crippen LogP contribution in [0.3, 0.4) is 0 Å². The van der Waals surface area contributed by atoms with Gasteiger partial charge >= 0.3 is 0 Å². The van der Waals surface area contributed by atoms with Crippen LogP contribution in [0.2, 0.25) is 0 Å². The average molecular weight is 474 g/mol. The fourth-order valence-corrected chi connectivity index (χ4v) is 5.82. The number of fused-ring (bicyclic) bond motifs is 1. The normalized spacial score (nSPS) is 23.4. The predicted molar refractivity (Wildman–Crippen MR) is 136 cm³/mol. The van der Waals surface area contributed by atoms with E-state index in [9.17, 15) is 14.4 Å². The van der Waals surface area contributed by atoms with Gasteiger partial charge < -0.3 is 5.32 Å². The number of imide groups is 1. The predicted octanol–water partition coefficient (Wildman–Crippen LogP) is 4.96. The van der Waals surface area contributed by atoms with Gasteiger partial charge in [-0.2, -0.15) is 0 Å². The number of nitrogens with zero attached hydrogens (tertiary/aromatic N) is 2. The Morgan fingerprint density at radius 2 is 1.51 bits per heavy atom. The lowest BCUT2D eigenvalue weighted by Gasteiger charge is -2.33. The van der Waals surface area contributed by atoms with E-state index >= 15 is 0 Å². The van der Waals surface area contributed by atoms with Crippen molar-refractivity contribution < 1.29 is 14.4 Å². The van der Waals surface area contributed by atoms with E-state index in [-0.39, 0.29) is 29.6 Å². The molecule has 6 nitrogen and oxygen atoms in total. The molecule has 0 aromatic heterocycles. The van der Waals surface area contributed by atoms with Crippen LogP contribution in [0.4, 0.5) is 5.69 Å². The first-order valence-corrected chi connectivity index (χ1v) is 13.1. The van der Waals surface area contributed by atoms with Gasteiger partial charge in [0.15, 0.2) is 0 Å². The van der Waals surface area contributed by atoms with Crippen molar-refractivity contribution in [2.75, 3.05) is 25.0 Å². The van der Waals surface area contributed by atoms with Crippen LogP contribution in [0.15, 0.2) is 48.5 Å². The molecule has 2 fully saturated rings. The first kappa shape index (κ1) is 23.7. The average Bonchev–Trinajstić information content (AvgIpc) is 3.12. The Labute approximate surface area is 207 Å². The smallest absolute Gasteiger partial charge is 0.261 e. The third-order valence-corrected chi connectivity index (χ3v) is 8.05. The highest BCUT2D eigenvalue weighted by Gasteiger charge is 2.40. The summed E-state index contributed by atoms with van der Waals surface area (Å²) < 4.78 is 0. The standard InChI is InChI=1S/C29H35N3O3/c1-20-14-16-31(17-15-20)18-21-10-12-23(13-11-21)30-27(33)24-7-3-2-6-22(24)19-32-28(34)25-8-4-5-9-26(25)29(32)35/h4-5,8-13,20,22,24H,2-3,6-7,14-19H2,1H3,(H,30,33). The van der Waals surface area contributed by atoms with E-state index in [1.54, 1.807) is 24.3 Å². The number of rotatable bonds is 6. The van der Waals surface area contributed by atoms with Gasteiger partial charge in [0.2, 0.25) is 5.91 Å². The monoisotopic (exact) mass is 473 g/mol. The van der Waals surface area contributed by atoms with Gasteiger partial charge in [0, 0.05) is 24.7 Å². The molecular weight excluding hydrogens is 438 g/mol. The summed E-state index contributed by atoms with van der Waals surface area (Å²) in [5, 5.41) is 3.10. The molecule has 1 aliphatic carbocycles. The van der Waals surface area contributed by atoms with E-state index in [1.807, 2.05) is 12.1 Å². The molecule has 0 radical (unpaired) electrons. The molecule has 184 valence electrons. The van der Waals surface area contributed by atoms with E-state index in [2.05, 4.69) is 29.3 Å². The van der Waals surface area contributed by atoms with Crippen molar-refractivity contribution in [2.24, 2.45) is 17.8 Å². The van der Waals surface area contributed by atoms with Gasteiger partial charge in [-0.15, -0.1) is 0 Å². The summed E-state index contributed by atoms with van der Waals surface area (Å²) in [4.78, 5) is 42.8. The van der Waals surface area contributed by atoms with Gasteiger partial charge in [-0.25, -0.2) is 0 Å². The lowest BCUT2D eigenvalue weighted by Crippen LogP contribution is -2.41. The molecule has 2 atom stereocenters. The number of nitrogens with one attached hydrogen (secondary N) is 1. The van der Waals surface area contributed by atoms with Crippen LogP contribution in [-0.4, -0.2) is 47.2 Å². The van der Waals surface area contributed by atoms with Crippen molar-refractivity contribution in [3.05, 3.63) is 65.2 Å². The van der Waals surface area contributed by atoms with Crippen LogP contribution < -0.4 is 5.32 Å². The third kappa shape index (κ3) is 5.18. The highest BCUT2D eigenvalue weighted by Crippen LogP contribution is 2.34. The summed E-state index contributed by atoms with van der Waals surface area (Å²) in [5.41, 5.74) is 3.00. The Balaban J connectivity index is 1.20. The summed E-state index contributed by atoms with van der Waals surface area (Å²) in [6, 6.07) is 15.1. The minimum atomic E-state index is -0.242. The number of hydrogen-bond donors (Lipinski definition) is 1. The fraction of sp³-hybridized carbons (Fsp3) is 0.483. The molecule has 3 aliphatic rings. The van der Waals surface area contributed by atoms with Crippen LogP contribution in [0.25, 0.3) is 0 Å². The molecule has 35 heavy (non-hydrogen) atoms. The second kappa shape index (κ2) is 10.3. The summed E-state index contributed by atoms with van der Waals surface area (Å²) in [5.74, 6) is 0.103. The Hall–Kier alpha value is -2.99. The van der Waals surface area contributed by atoms with E-state index < -0.39 is 0 Å². The van der Waals surface area contributed by atoms with Crippen LogP contribution >= 0.6 is 0 Å². The molecule has 1 N–H and O–H groups in total. The molecule has 2 unspecified atom stereocenters. The maximum atomic E-state index is 13.3. The number of carbonyl (C=O) groups excluding carboxylic acids is 3. The van der Waals surface area contributed by atoms with Crippen LogP contribution in [-0.2, 0) is 11.3 Å². The Morgan fingerprint density at radius 1 is 0.886 bits per heavy atom. The SMILES string of the molecule is CC1CCN(Cc2ccc(NC(=O)C3CCCCC3CN3C(=O)c4ccccc4C3=O)cc2)CC1. The molecule has 0 spiro atoms. The maximum Gasteiger partial charge on any atom is 0.261 e. The summed E-state index contributed by atoms with van der Waals surface area (Å²) in [6.45, 7) is 5.88. The Kier molecular flexibility index (Phi) is 7.00. The molecule has 2 aromatic rings. The molecule has 0 bridgehead atoms. The number of amides is 3. The number of benzene rings is 2. The maximum absolute atomic E-state index is 13.3. The zero-order valence-electron chi connectivity index (χ0n) is 20.5. The molecule has 1 saturated carbocycles. The molecule has 1 saturated heterocycles. The Bertz CT molecular complexity index is 1050. The number of likely N-dealkylation sites (tertiary alicyclic amines) is 1. The van der Waals surface area contributed by atoms with Crippen molar-refractivity contribution in [1.82, 2.24) is 9.80 Å². The zero-order chi connectivity index (χ0) is 24.4. The first-order chi connectivity index (χ1) is 17.0. The van der Waals surface area contributed by atoms with Crippen molar-refractivity contribution in [2.45, 2.75) is 52.0 Å². The fourth-order valence-electron chi connectivity index (χ4n) is 5.82. The highest BCUT2D eigenvalue weighted by atomic mass is 16.2. The van der Waals surface area contributed by atoms with Crippen LogP contribution in [0.1, 0.15) is 71.7 Å². The summed E-state index contributed by atoms with van der Waals surface area (Å²) in [6.07, 6.45) is 6.16. The minimum absolute atomic E-state index is 0.0101. The third-order valence-electron chi connectivity index (χ3n) is 8.05. The van der Waals surface area contributed by atoms with Gasteiger partial charge in [-0.05, 0) is 80.4 Å². The number of carbonyl (C=O) groups is 3. The number of anilines is 1. The van der Waals surface area contributed by atoms with Gasteiger partial charge in [0.05, 0.1) is 11.1 Å².